The lowest BCUT2D eigenvalue weighted by Crippen LogP contribution is -2.44. The third kappa shape index (κ3) is 2.35. The molecule has 1 unspecified atom stereocenters. The highest BCUT2D eigenvalue weighted by molar-refractivity contribution is 5.99. The molecule has 2 heterocycles. The van der Waals surface area contributed by atoms with Crippen LogP contribution in [0, 0.1) is 0 Å². The second-order valence-electron chi connectivity index (χ2n) is 5.27. The molecule has 1 aromatic heterocycles. The maximum Gasteiger partial charge on any atom is 0.259 e. The van der Waals surface area contributed by atoms with Crippen molar-refractivity contribution in [2.45, 2.75) is 32.2 Å². The quantitative estimate of drug-likeness (QED) is 0.851. The van der Waals surface area contributed by atoms with Crippen LogP contribution in [0.15, 0.2) is 35.3 Å². The fourth-order valence-electron chi connectivity index (χ4n) is 2.73. The highest BCUT2D eigenvalue weighted by atomic mass is 16.2. The van der Waals surface area contributed by atoms with Crippen LogP contribution in [0.25, 0.3) is 10.8 Å². The first kappa shape index (κ1) is 13.5. The molecule has 2 amide bonds. The van der Waals surface area contributed by atoms with Crippen molar-refractivity contribution in [3.63, 3.8) is 0 Å². The van der Waals surface area contributed by atoms with Gasteiger partial charge >= 0.3 is 0 Å². The number of carbonyl (C=O) groups excluding carboxylic acids is 2. The van der Waals surface area contributed by atoms with Crippen molar-refractivity contribution in [1.82, 2.24) is 9.88 Å². The molecular weight excluding hydrogens is 268 g/mol. The smallest absolute Gasteiger partial charge is 0.259 e. The molecule has 1 N–H and O–H groups in total. The van der Waals surface area contributed by atoms with Gasteiger partial charge in [0.1, 0.15) is 6.04 Å². The summed E-state index contributed by atoms with van der Waals surface area (Å²) in [6.45, 7) is 2.06. The van der Waals surface area contributed by atoms with Gasteiger partial charge in [-0.2, -0.15) is 0 Å². The minimum absolute atomic E-state index is 0.190. The van der Waals surface area contributed by atoms with Gasteiger partial charge in [0.15, 0.2) is 0 Å². The molecule has 0 radical (unpaired) electrons. The maximum absolute atomic E-state index is 12.6. The van der Waals surface area contributed by atoms with E-state index in [9.17, 15) is 14.4 Å². The number of nitrogens with one attached hydrogen (secondary N) is 1. The van der Waals surface area contributed by atoms with Crippen molar-refractivity contribution < 1.29 is 9.59 Å². The first-order valence-corrected chi connectivity index (χ1v) is 7.07. The average molecular weight is 284 g/mol. The number of aryl methyl sites for hydroxylation is 1. The van der Waals surface area contributed by atoms with Gasteiger partial charge in [0.2, 0.25) is 11.8 Å². The molecule has 1 saturated heterocycles. The minimum Gasteiger partial charge on any atom is -0.302 e. The number of hydrogen-bond donors (Lipinski definition) is 1. The Kier molecular flexibility index (Phi) is 3.33. The van der Waals surface area contributed by atoms with Gasteiger partial charge in [0.05, 0.1) is 0 Å². The van der Waals surface area contributed by atoms with E-state index in [0.717, 1.165) is 11.8 Å². The molecule has 108 valence electrons. The number of rotatable bonds is 2. The number of aromatic nitrogens is 1. The monoisotopic (exact) mass is 284 g/mol. The number of benzene rings is 1. The molecule has 1 aliphatic rings. The largest absolute Gasteiger partial charge is 0.302 e. The highest BCUT2D eigenvalue weighted by Crippen LogP contribution is 2.19. The Morgan fingerprint density at radius 3 is 2.76 bits per heavy atom. The van der Waals surface area contributed by atoms with E-state index in [4.69, 9.17) is 0 Å². The normalized spacial score (nSPS) is 18.8. The molecule has 3 rings (SSSR count). The molecule has 1 fully saturated rings. The summed E-state index contributed by atoms with van der Waals surface area (Å²) in [5.74, 6) is -0.685. The first-order chi connectivity index (χ1) is 10.1. The van der Waals surface area contributed by atoms with Gasteiger partial charge in [-0.15, -0.1) is 0 Å². The highest BCUT2D eigenvalue weighted by Gasteiger charge is 2.28. The zero-order valence-electron chi connectivity index (χ0n) is 11.8. The van der Waals surface area contributed by atoms with Crippen molar-refractivity contribution in [3.05, 3.63) is 46.4 Å². The third-order valence-electron chi connectivity index (χ3n) is 3.95. The summed E-state index contributed by atoms with van der Waals surface area (Å²) in [5, 5.41) is 3.76. The number of piperidine rings is 1. The summed E-state index contributed by atoms with van der Waals surface area (Å²) >= 11 is 0. The van der Waals surface area contributed by atoms with Gasteiger partial charge in [-0.1, -0.05) is 19.1 Å². The number of hydrogen-bond acceptors (Lipinski definition) is 3. The molecule has 0 bridgehead atoms. The predicted molar refractivity (Wildman–Crippen MR) is 79.0 cm³/mol. The van der Waals surface area contributed by atoms with Crippen molar-refractivity contribution >= 4 is 22.6 Å². The molecule has 1 aliphatic heterocycles. The van der Waals surface area contributed by atoms with Crippen LogP contribution in [0.1, 0.15) is 31.4 Å². The second kappa shape index (κ2) is 5.16. The number of nitrogens with zero attached hydrogens (tertiary/aromatic N) is 1. The Morgan fingerprint density at radius 2 is 2.05 bits per heavy atom. The van der Waals surface area contributed by atoms with Gasteiger partial charge in [-0.3, -0.25) is 19.7 Å². The lowest BCUT2D eigenvalue weighted by atomic mass is 10.0. The Balaban J connectivity index is 2.08. The molecule has 5 nitrogen and oxygen atoms in total. The summed E-state index contributed by atoms with van der Waals surface area (Å²) in [7, 11) is 0. The summed E-state index contributed by atoms with van der Waals surface area (Å²) in [5.41, 5.74) is 0.977. The van der Waals surface area contributed by atoms with E-state index < -0.39 is 11.9 Å². The molecule has 5 heteroatoms. The van der Waals surface area contributed by atoms with Crippen LogP contribution in [0.3, 0.4) is 0 Å². The van der Waals surface area contributed by atoms with Crippen molar-refractivity contribution in [3.8, 4) is 0 Å². The number of amides is 2. The van der Waals surface area contributed by atoms with E-state index >= 15 is 0 Å². The van der Waals surface area contributed by atoms with Crippen LogP contribution in [0.4, 0.5) is 0 Å². The fraction of sp³-hybridized carbons (Fsp3) is 0.312. The van der Waals surface area contributed by atoms with Crippen molar-refractivity contribution in [2.75, 3.05) is 0 Å². The molecule has 0 aliphatic carbocycles. The second-order valence-corrected chi connectivity index (χ2v) is 5.27. The molecule has 21 heavy (non-hydrogen) atoms. The van der Waals surface area contributed by atoms with Crippen molar-refractivity contribution in [2.24, 2.45) is 0 Å². The zero-order valence-corrected chi connectivity index (χ0v) is 11.8. The standard InChI is InChI=1S/C16H16N2O3/c1-2-10-3-4-12-11(9-10)7-8-18(16(12)21)13-5-6-14(19)17-15(13)20/h3-4,7-9,13H,2,5-6H2,1H3,(H,17,19,20). The molecule has 2 aromatic rings. The van der Waals surface area contributed by atoms with Gasteiger partial charge in [-0.05, 0) is 35.9 Å². The van der Waals surface area contributed by atoms with Crippen LogP contribution in [-0.2, 0) is 16.0 Å². The summed E-state index contributed by atoms with van der Waals surface area (Å²) in [6.07, 6.45) is 3.18. The van der Waals surface area contributed by atoms with Gasteiger partial charge in [-0.25, -0.2) is 0 Å². The maximum atomic E-state index is 12.6. The number of fused-ring (bicyclic) bond motifs is 1. The van der Waals surface area contributed by atoms with E-state index in [1.54, 1.807) is 12.3 Å². The topological polar surface area (TPSA) is 68.2 Å². The lowest BCUT2D eigenvalue weighted by molar-refractivity contribution is -0.135. The number of imide groups is 1. The Morgan fingerprint density at radius 1 is 1.24 bits per heavy atom. The Labute approximate surface area is 121 Å². The molecule has 0 spiro atoms. The Hall–Kier alpha value is -2.43. The third-order valence-corrected chi connectivity index (χ3v) is 3.95. The van der Waals surface area contributed by atoms with E-state index in [-0.39, 0.29) is 17.9 Å². The van der Waals surface area contributed by atoms with E-state index in [2.05, 4.69) is 12.2 Å². The van der Waals surface area contributed by atoms with Gasteiger partial charge in [0.25, 0.3) is 5.56 Å². The lowest BCUT2D eigenvalue weighted by Gasteiger charge is -2.23. The van der Waals surface area contributed by atoms with E-state index in [0.29, 0.717) is 11.8 Å². The zero-order chi connectivity index (χ0) is 15.0. The van der Waals surface area contributed by atoms with Crippen LogP contribution < -0.4 is 10.9 Å². The van der Waals surface area contributed by atoms with E-state index in [1.165, 1.54) is 10.1 Å². The van der Waals surface area contributed by atoms with Crippen LogP contribution >= 0.6 is 0 Å². The molecule has 1 atom stereocenters. The average Bonchev–Trinajstić information content (AvgIpc) is 2.48. The summed E-state index contributed by atoms with van der Waals surface area (Å²) < 4.78 is 1.43. The predicted octanol–water partition coefficient (Wildman–Crippen LogP) is 1.54. The van der Waals surface area contributed by atoms with Crippen LogP contribution in [-0.4, -0.2) is 16.4 Å². The Bertz CT molecular complexity index is 792. The number of pyridine rings is 1. The van der Waals surface area contributed by atoms with Crippen LogP contribution in [0.2, 0.25) is 0 Å². The summed E-state index contributed by atoms with van der Waals surface area (Å²) in [4.78, 5) is 35.7. The molecule has 1 aromatic carbocycles. The van der Waals surface area contributed by atoms with Gasteiger partial charge in [0, 0.05) is 18.0 Å². The van der Waals surface area contributed by atoms with Crippen LogP contribution in [0.5, 0.6) is 0 Å². The number of carbonyl (C=O) groups is 2. The SMILES string of the molecule is CCc1ccc2c(=O)n(C3CCC(=O)NC3=O)ccc2c1. The van der Waals surface area contributed by atoms with Gasteiger partial charge < -0.3 is 4.57 Å². The van der Waals surface area contributed by atoms with Crippen molar-refractivity contribution in [1.29, 1.82) is 0 Å². The van der Waals surface area contributed by atoms with E-state index in [1.807, 2.05) is 18.2 Å². The molecular formula is C16H16N2O3. The summed E-state index contributed by atoms with van der Waals surface area (Å²) in [6, 6.07) is 6.97. The fourth-order valence-corrected chi connectivity index (χ4v) is 2.73. The molecule has 0 saturated carbocycles. The minimum atomic E-state index is -0.606. The first-order valence-electron chi connectivity index (χ1n) is 7.07.